The van der Waals surface area contributed by atoms with Crippen molar-refractivity contribution < 1.29 is 9.90 Å². The fourth-order valence-electron chi connectivity index (χ4n) is 2.72. The number of rotatable bonds is 6. The first-order valence-corrected chi connectivity index (χ1v) is 7.48. The molecular weight excluding hydrogens is 250 g/mol. The molecule has 0 bridgehead atoms. The Hall–Kier alpha value is -1.35. The standard InChI is InChI=1S/C17H25NO2/c1-4-18(12-17(2,3)20)16(19)15(14-10-11-14)13-8-6-5-7-9-13/h5-9,14-15,20H,4,10-12H2,1-3H3. The van der Waals surface area contributed by atoms with Crippen LogP contribution in [0.2, 0.25) is 0 Å². The Bertz CT molecular complexity index is 446. The molecule has 1 aliphatic carbocycles. The van der Waals surface area contributed by atoms with Crippen molar-refractivity contribution in [1.82, 2.24) is 4.90 Å². The minimum atomic E-state index is -0.851. The summed E-state index contributed by atoms with van der Waals surface area (Å²) in [5.41, 5.74) is 0.255. The van der Waals surface area contributed by atoms with E-state index in [4.69, 9.17) is 0 Å². The molecule has 0 saturated heterocycles. The molecule has 0 aliphatic heterocycles. The van der Waals surface area contributed by atoms with Crippen LogP contribution in [0.25, 0.3) is 0 Å². The van der Waals surface area contributed by atoms with Gasteiger partial charge in [-0.3, -0.25) is 4.79 Å². The molecule has 20 heavy (non-hydrogen) atoms. The third-order valence-corrected chi connectivity index (χ3v) is 3.79. The Labute approximate surface area is 121 Å². The molecule has 1 amide bonds. The quantitative estimate of drug-likeness (QED) is 0.867. The summed E-state index contributed by atoms with van der Waals surface area (Å²) in [6.07, 6.45) is 2.26. The summed E-state index contributed by atoms with van der Waals surface area (Å²) < 4.78 is 0. The minimum absolute atomic E-state index is 0.0431. The maximum Gasteiger partial charge on any atom is 0.230 e. The van der Waals surface area contributed by atoms with Crippen LogP contribution in [0.1, 0.15) is 45.1 Å². The van der Waals surface area contributed by atoms with Crippen LogP contribution in [0.4, 0.5) is 0 Å². The largest absolute Gasteiger partial charge is 0.389 e. The molecule has 1 fully saturated rings. The first kappa shape index (κ1) is 15.0. The van der Waals surface area contributed by atoms with Crippen LogP contribution < -0.4 is 0 Å². The van der Waals surface area contributed by atoms with Gasteiger partial charge in [0.25, 0.3) is 0 Å². The predicted molar refractivity (Wildman–Crippen MR) is 80.5 cm³/mol. The number of carbonyl (C=O) groups excluding carboxylic acids is 1. The van der Waals surface area contributed by atoms with E-state index < -0.39 is 5.60 Å². The first-order valence-electron chi connectivity index (χ1n) is 7.48. The summed E-state index contributed by atoms with van der Waals surface area (Å²) in [7, 11) is 0. The Morgan fingerprint density at radius 2 is 1.95 bits per heavy atom. The molecule has 1 atom stereocenters. The van der Waals surface area contributed by atoms with Gasteiger partial charge in [0.2, 0.25) is 5.91 Å². The van der Waals surface area contributed by atoms with E-state index in [0.29, 0.717) is 19.0 Å². The van der Waals surface area contributed by atoms with Gasteiger partial charge in [0.15, 0.2) is 0 Å². The number of aliphatic hydroxyl groups is 1. The van der Waals surface area contributed by atoms with Crippen molar-refractivity contribution in [1.29, 1.82) is 0 Å². The molecule has 1 unspecified atom stereocenters. The minimum Gasteiger partial charge on any atom is -0.389 e. The van der Waals surface area contributed by atoms with Crippen molar-refractivity contribution in [2.24, 2.45) is 5.92 Å². The Morgan fingerprint density at radius 3 is 2.40 bits per heavy atom. The lowest BCUT2D eigenvalue weighted by atomic mass is 9.92. The molecule has 1 aliphatic rings. The second-order valence-electron chi connectivity index (χ2n) is 6.39. The summed E-state index contributed by atoms with van der Waals surface area (Å²) in [4.78, 5) is 14.6. The molecule has 1 N–H and O–H groups in total. The van der Waals surface area contributed by atoms with Gasteiger partial charge in [-0.05, 0) is 45.1 Å². The van der Waals surface area contributed by atoms with Crippen molar-refractivity contribution in [3.05, 3.63) is 35.9 Å². The van der Waals surface area contributed by atoms with E-state index >= 15 is 0 Å². The van der Waals surface area contributed by atoms with Crippen molar-refractivity contribution in [3.63, 3.8) is 0 Å². The zero-order valence-corrected chi connectivity index (χ0v) is 12.7. The molecular formula is C17H25NO2. The van der Waals surface area contributed by atoms with Crippen LogP contribution in [0.15, 0.2) is 30.3 Å². The van der Waals surface area contributed by atoms with Gasteiger partial charge in [0.05, 0.1) is 11.5 Å². The molecule has 3 heteroatoms. The third kappa shape index (κ3) is 3.83. The Morgan fingerprint density at radius 1 is 1.35 bits per heavy atom. The van der Waals surface area contributed by atoms with Crippen LogP contribution >= 0.6 is 0 Å². The van der Waals surface area contributed by atoms with Gasteiger partial charge in [-0.2, -0.15) is 0 Å². The molecule has 0 heterocycles. The van der Waals surface area contributed by atoms with Gasteiger partial charge in [-0.15, -0.1) is 0 Å². The summed E-state index contributed by atoms with van der Waals surface area (Å²) >= 11 is 0. The maximum atomic E-state index is 12.8. The predicted octanol–water partition coefficient (Wildman–Crippen LogP) is 2.80. The maximum absolute atomic E-state index is 12.8. The number of hydrogen-bond acceptors (Lipinski definition) is 2. The van der Waals surface area contributed by atoms with E-state index in [1.165, 1.54) is 0 Å². The number of nitrogens with zero attached hydrogens (tertiary/aromatic N) is 1. The monoisotopic (exact) mass is 275 g/mol. The van der Waals surface area contributed by atoms with E-state index in [-0.39, 0.29) is 11.8 Å². The lowest BCUT2D eigenvalue weighted by Crippen LogP contribution is -2.44. The SMILES string of the molecule is CCN(CC(C)(C)O)C(=O)C(c1ccccc1)C1CC1. The molecule has 0 aromatic heterocycles. The number of carbonyl (C=O) groups is 1. The second-order valence-corrected chi connectivity index (χ2v) is 6.39. The summed E-state index contributed by atoms with van der Waals surface area (Å²) in [5, 5.41) is 9.98. The van der Waals surface area contributed by atoms with Gasteiger partial charge >= 0.3 is 0 Å². The van der Waals surface area contributed by atoms with E-state index in [0.717, 1.165) is 18.4 Å². The van der Waals surface area contributed by atoms with Gasteiger partial charge in [-0.1, -0.05) is 30.3 Å². The smallest absolute Gasteiger partial charge is 0.230 e. The zero-order chi connectivity index (χ0) is 14.8. The molecule has 0 spiro atoms. The highest BCUT2D eigenvalue weighted by Crippen LogP contribution is 2.43. The fraction of sp³-hybridized carbons (Fsp3) is 0.588. The fourth-order valence-corrected chi connectivity index (χ4v) is 2.72. The van der Waals surface area contributed by atoms with Gasteiger partial charge < -0.3 is 10.0 Å². The zero-order valence-electron chi connectivity index (χ0n) is 12.7. The topological polar surface area (TPSA) is 40.5 Å². The molecule has 0 radical (unpaired) electrons. The van der Waals surface area contributed by atoms with Crippen LogP contribution in [-0.4, -0.2) is 34.6 Å². The molecule has 1 aromatic carbocycles. The van der Waals surface area contributed by atoms with E-state index in [1.54, 1.807) is 18.7 Å². The highest BCUT2D eigenvalue weighted by Gasteiger charge is 2.39. The first-order chi connectivity index (χ1) is 9.42. The van der Waals surface area contributed by atoms with E-state index in [1.807, 2.05) is 37.3 Å². The lowest BCUT2D eigenvalue weighted by Gasteiger charge is -2.31. The van der Waals surface area contributed by atoms with Gasteiger partial charge in [0.1, 0.15) is 0 Å². The molecule has 110 valence electrons. The normalized spacial score (nSPS) is 16.8. The highest BCUT2D eigenvalue weighted by molar-refractivity contribution is 5.84. The molecule has 1 saturated carbocycles. The second kappa shape index (κ2) is 5.96. The Kier molecular flexibility index (Phi) is 4.48. The number of benzene rings is 1. The number of hydrogen-bond donors (Lipinski definition) is 1. The molecule has 1 aromatic rings. The van der Waals surface area contributed by atoms with Crippen LogP contribution in [0.5, 0.6) is 0 Å². The molecule has 2 rings (SSSR count). The van der Waals surface area contributed by atoms with Crippen LogP contribution in [0, 0.1) is 5.92 Å². The van der Waals surface area contributed by atoms with Crippen molar-refractivity contribution in [3.8, 4) is 0 Å². The average Bonchev–Trinajstić information content (AvgIpc) is 3.21. The van der Waals surface area contributed by atoms with Crippen LogP contribution in [-0.2, 0) is 4.79 Å². The Balaban J connectivity index is 2.18. The van der Waals surface area contributed by atoms with E-state index in [9.17, 15) is 9.90 Å². The van der Waals surface area contributed by atoms with Crippen molar-refractivity contribution >= 4 is 5.91 Å². The lowest BCUT2D eigenvalue weighted by molar-refractivity contribution is -0.136. The van der Waals surface area contributed by atoms with Crippen molar-refractivity contribution in [2.75, 3.05) is 13.1 Å². The summed E-state index contributed by atoms with van der Waals surface area (Å²) in [5.74, 6) is 0.586. The average molecular weight is 275 g/mol. The van der Waals surface area contributed by atoms with Crippen molar-refractivity contribution in [2.45, 2.75) is 45.1 Å². The third-order valence-electron chi connectivity index (χ3n) is 3.79. The number of amides is 1. The summed E-state index contributed by atoms with van der Waals surface area (Å²) in [6, 6.07) is 10.0. The van der Waals surface area contributed by atoms with Gasteiger partial charge in [0, 0.05) is 13.1 Å². The summed E-state index contributed by atoms with van der Waals surface area (Å²) in [6.45, 7) is 6.49. The molecule has 3 nitrogen and oxygen atoms in total. The van der Waals surface area contributed by atoms with E-state index in [2.05, 4.69) is 0 Å². The highest BCUT2D eigenvalue weighted by atomic mass is 16.3. The van der Waals surface area contributed by atoms with Crippen LogP contribution in [0.3, 0.4) is 0 Å². The van der Waals surface area contributed by atoms with Gasteiger partial charge in [-0.25, -0.2) is 0 Å². The number of likely N-dealkylation sites (N-methyl/N-ethyl adjacent to an activating group) is 1.